The summed E-state index contributed by atoms with van der Waals surface area (Å²) in [6.45, 7) is 1.75. The standard InChI is InChI=1S/C5H7FN2/c1-4-7-5(6)3-8(4)2/h3H,1-2H3. The van der Waals surface area contributed by atoms with Crippen LogP contribution in [0.25, 0.3) is 0 Å². The Labute approximate surface area is 47.0 Å². The minimum Gasteiger partial charge on any atom is -0.335 e. The Morgan fingerprint density at radius 1 is 1.75 bits per heavy atom. The van der Waals surface area contributed by atoms with Crippen molar-refractivity contribution in [3.63, 3.8) is 0 Å². The van der Waals surface area contributed by atoms with Gasteiger partial charge in [0, 0.05) is 7.05 Å². The van der Waals surface area contributed by atoms with Crippen molar-refractivity contribution in [1.29, 1.82) is 0 Å². The second-order valence-electron chi connectivity index (χ2n) is 1.72. The molecule has 2 nitrogen and oxygen atoms in total. The van der Waals surface area contributed by atoms with E-state index >= 15 is 0 Å². The van der Waals surface area contributed by atoms with Gasteiger partial charge in [-0.2, -0.15) is 4.39 Å². The predicted molar refractivity (Wildman–Crippen MR) is 27.9 cm³/mol. The topological polar surface area (TPSA) is 17.8 Å². The second kappa shape index (κ2) is 1.58. The van der Waals surface area contributed by atoms with Crippen LogP contribution >= 0.6 is 0 Å². The van der Waals surface area contributed by atoms with E-state index in [1.165, 1.54) is 6.20 Å². The monoisotopic (exact) mass is 114 g/mol. The van der Waals surface area contributed by atoms with Gasteiger partial charge in [-0.3, -0.25) is 0 Å². The van der Waals surface area contributed by atoms with E-state index in [-0.39, 0.29) is 0 Å². The lowest BCUT2D eigenvalue weighted by Crippen LogP contribution is -1.86. The first-order chi connectivity index (χ1) is 3.70. The van der Waals surface area contributed by atoms with E-state index in [1.807, 2.05) is 0 Å². The van der Waals surface area contributed by atoms with E-state index in [1.54, 1.807) is 18.5 Å². The van der Waals surface area contributed by atoms with E-state index in [9.17, 15) is 4.39 Å². The largest absolute Gasteiger partial charge is 0.335 e. The van der Waals surface area contributed by atoms with Crippen LogP contribution in [-0.2, 0) is 7.05 Å². The average Bonchev–Trinajstić information content (AvgIpc) is 1.85. The Balaban J connectivity index is 3.14. The third-order valence-electron chi connectivity index (χ3n) is 1.08. The number of halogens is 1. The van der Waals surface area contributed by atoms with Crippen molar-refractivity contribution in [2.24, 2.45) is 7.05 Å². The Hall–Kier alpha value is -0.860. The van der Waals surface area contributed by atoms with Gasteiger partial charge in [0.2, 0.25) is 5.95 Å². The SMILES string of the molecule is Cc1nc(F)cn1C. The number of imidazole rings is 1. The summed E-state index contributed by atoms with van der Waals surface area (Å²) in [6.07, 6.45) is 1.34. The summed E-state index contributed by atoms with van der Waals surface area (Å²) in [5, 5.41) is 0. The molecule has 44 valence electrons. The van der Waals surface area contributed by atoms with Crippen LogP contribution < -0.4 is 0 Å². The van der Waals surface area contributed by atoms with Crippen LogP contribution in [0.3, 0.4) is 0 Å². The molecule has 0 aliphatic heterocycles. The maximum Gasteiger partial charge on any atom is 0.230 e. The summed E-state index contributed by atoms with van der Waals surface area (Å²) in [5.74, 6) is 0.285. The minimum atomic E-state index is -0.412. The van der Waals surface area contributed by atoms with Gasteiger partial charge in [0.15, 0.2) is 0 Å². The van der Waals surface area contributed by atoms with Crippen LogP contribution in [0.5, 0.6) is 0 Å². The molecule has 0 amide bonds. The molecule has 0 unspecified atom stereocenters. The molecule has 0 fully saturated rings. The van der Waals surface area contributed by atoms with Crippen molar-refractivity contribution >= 4 is 0 Å². The summed E-state index contributed by atoms with van der Waals surface area (Å²) in [6, 6.07) is 0. The van der Waals surface area contributed by atoms with Gasteiger partial charge in [-0.1, -0.05) is 0 Å². The molecule has 0 N–H and O–H groups in total. The summed E-state index contributed by atoms with van der Waals surface area (Å²) in [4.78, 5) is 3.51. The van der Waals surface area contributed by atoms with E-state index in [2.05, 4.69) is 4.98 Å². The Morgan fingerprint density at radius 3 is 2.50 bits per heavy atom. The van der Waals surface area contributed by atoms with Crippen molar-refractivity contribution in [1.82, 2.24) is 9.55 Å². The van der Waals surface area contributed by atoms with Gasteiger partial charge in [-0.25, -0.2) is 4.98 Å². The molecule has 0 saturated carbocycles. The highest BCUT2D eigenvalue weighted by atomic mass is 19.1. The zero-order valence-corrected chi connectivity index (χ0v) is 4.85. The van der Waals surface area contributed by atoms with E-state index in [0.717, 1.165) is 0 Å². The quantitative estimate of drug-likeness (QED) is 0.489. The van der Waals surface area contributed by atoms with Crippen LogP contribution in [0.4, 0.5) is 4.39 Å². The van der Waals surface area contributed by atoms with Crippen LogP contribution in [0.15, 0.2) is 6.20 Å². The fourth-order valence-corrected chi connectivity index (χ4v) is 0.516. The maximum atomic E-state index is 12.1. The van der Waals surface area contributed by atoms with Gasteiger partial charge >= 0.3 is 0 Å². The Bertz CT molecular complexity index is 173. The van der Waals surface area contributed by atoms with Gasteiger partial charge < -0.3 is 4.57 Å². The first-order valence-electron chi connectivity index (χ1n) is 2.35. The fraction of sp³-hybridized carbons (Fsp3) is 0.400. The predicted octanol–water partition coefficient (Wildman–Crippen LogP) is 0.868. The van der Waals surface area contributed by atoms with Gasteiger partial charge in [0.05, 0.1) is 6.20 Å². The van der Waals surface area contributed by atoms with Crippen LogP contribution in [0.1, 0.15) is 5.82 Å². The van der Waals surface area contributed by atoms with E-state index in [4.69, 9.17) is 0 Å². The van der Waals surface area contributed by atoms with Gasteiger partial charge in [0.1, 0.15) is 5.82 Å². The average molecular weight is 114 g/mol. The van der Waals surface area contributed by atoms with Crippen molar-refractivity contribution in [2.75, 3.05) is 0 Å². The molecule has 8 heavy (non-hydrogen) atoms. The number of rotatable bonds is 0. The lowest BCUT2D eigenvalue weighted by molar-refractivity contribution is 0.588. The molecule has 1 rings (SSSR count). The van der Waals surface area contributed by atoms with Crippen LogP contribution in [0.2, 0.25) is 0 Å². The first-order valence-corrected chi connectivity index (χ1v) is 2.35. The van der Waals surface area contributed by atoms with E-state index < -0.39 is 5.95 Å². The number of aryl methyl sites for hydroxylation is 2. The summed E-state index contributed by atoms with van der Waals surface area (Å²) < 4.78 is 13.7. The molecule has 1 heterocycles. The number of hydrogen-bond acceptors (Lipinski definition) is 1. The molecule has 0 aliphatic carbocycles. The number of nitrogens with zero attached hydrogens (tertiary/aromatic N) is 2. The van der Waals surface area contributed by atoms with Crippen molar-refractivity contribution in [3.8, 4) is 0 Å². The molecule has 0 bridgehead atoms. The Kier molecular flexibility index (Phi) is 1.04. The lowest BCUT2D eigenvalue weighted by Gasteiger charge is -1.86. The molecule has 1 aromatic rings. The third kappa shape index (κ3) is 0.710. The third-order valence-corrected chi connectivity index (χ3v) is 1.08. The highest BCUT2D eigenvalue weighted by Gasteiger charge is 1.95. The lowest BCUT2D eigenvalue weighted by atomic mass is 10.7. The Morgan fingerprint density at radius 2 is 2.38 bits per heavy atom. The van der Waals surface area contributed by atoms with Crippen molar-refractivity contribution in [3.05, 3.63) is 18.0 Å². The first kappa shape index (κ1) is 5.28. The maximum absolute atomic E-state index is 12.1. The summed E-state index contributed by atoms with van der Waals surface area (Å²) in [7, 11) is 1.76. The molecular weight excluding hydrogens is 107 g/mol. The fourth-order valence-electron chi connectivity index (χ4n) is 0.516. The molecule has 0 aliphatic rings. The van der Waals surface area contributed by atoms with Crippen molar-refractivity contribution < 1.29 is 4.39 Å². The second-order valence-corrected chi connectivity index (χ2v) is 1.72. The molecule has 0 saturated heterocycles. The van der Waals surface area contributed by atoms with E-state index in [0.29, 0.717) is 5.82 Å². The normalized spacial score (nSPS) is 9.88. The molecule has 0 atom stereocenters. The van der Waals surface area contributed by atoms with Gasteiger partial charge in [-0.15, -0.1) is 0 Å². The highest BCUT2D eigenvalue weighted by molar-refractivity contribution is 4.88. The molecule has 0 radical (unpaired) electrons. The van der Waals surface area contributed by atoms with Crippen LogP contribution in [-0.4, -0.2) is 9.55 Å². The zero-order valence-electron chi connectivity index (χ0n) is 4.85. The van der Waals surface area contributed by atoms with Crippen molar-refractivity contribution in [2.45, 2.75) is 6.92 Å². The number of hydrogen-bond donors (Lipinski definition) is 0. The van der Waals surface area contributed by atoms with Crippen LogP contribution in [0, 0.1) is 12.9 Å². The molecular formula is C5H7FN2. The summed E-state index contributed by atoms with van der Waals surface area (Å²) in [5.41, 5.74) is 0. The molecule has 0 spiro atoms. The molecule has 0 aromatic carbocycles. The molecule has 3 heteroatoms. The minimum absolute atomic E-state index is 0.412. The smallest absolute Gasteiger partial charge is 0.230 e. The number of aromatic nitrogens is 2. The van der Waals surface area contributed by atoms with Gasteiger partial charge in [-0.05, 0) is 6.92 Å². The van der Waals surface area contributed by atoms with Gasteiger partial charge in [0.25, 0.3) is 0 Å². The highest BCUT2D eigenvalue weighted by Crippen LogP contribution is 1.95. The molecule has 1 aromatic heterocycles. The zero-order chi connectivity index (χ0) is 6.15. The summed E-state index contributed by atoms with van der Waals surface area (Å²) >= 11 is 0.